The van der Waals surface area contributed by atoms with Crippen LogP contribution in [0.2, 0.25) is 0 Å². The number of hydrogen-bond acceptors (Lipinski definition) is 2. The van der Waals surface area contributed by atoms with Crippen molar-refractivity contribution in [2.45, 2.75) is 26.7 Å². The van der Waals surface area contributed by atoms with Gasteiger partial charge in [0.05, 0.1) is 6.61 Å². The second kappa shape index (κ2) is 9.72. The maximum atomic E-state index is 10.6. The summed E-state index contributed by atoms with van der Waals surface area (Å²) in [6, 6.07) is 0. The Bertz CT molecular complexity index is 87.8. The van der Waals surface area contributed by atoms with Gasteiger partial charge < -0.3 is 4.52 Å². The molecule has 10 heavy (non-hydrogen) atoms. The van der Waals surface area contributed by atoms with E-state index in [0.717, 1.165) is 12.8 Å². The van der Waals surface area contributed by atoms with Gasteiger partial charge in [-0.15, -0.1) is 0 Å². The van der Waals surface area contributed by atoms with Crippen LogP contribution in [0.3, 0.4) is 0 Å². The Morgan fingerprint density at radius 3 is 2.40 bits per heavy atom. The van der Waals surface area contributed by atoms with Gasteiger partial charge >= 0.3 is 0 Å². The molecule has 0 aliphatic rings. The van der Waals surface area contributed by atoms with E-state index < -0.39 is 8.03 Å². The van der Waals surface area contributed by atoms with Gasteiger partial charge in [0.15, 0.2) is 25.4 Å². The zero-order valence-corrected chi connectivity index (χ0v) is 7.14. The van der Waals surface area contributed by atoms with Crippen LogP contribution in [0.1, 0.15) is 26.7 Å². The summed E-state index contributed by atoms with van der Waals surface area (Å²) in [7, 11) is -1.65. The lowest BCUT2D eigenvalue weighted by molar-refractivity contribution is 0.321. The molecule has 0 spiro atoms. The van der Waals surface area contributed by atoms with Crippen molar-refractivity contribution in [3.05, 3.63) is 0 Å². The molecule has 0 rings (SSSR count). The minimum Gasteiger partial charge on any atom is -0.330 e. The molecule has 0 aliphatic carbocycles. The lowest BCUT2D eigenvalue weighted by atomic mass is 10.4. The summed E-state index contributed by atoms with van der Waals surface area (Å²) >= 11 is 0. The molecule has 0 radical (unpaired) electrons. The van der Waals surface area contributed by atoms with Crippen LogP contribution in [0, 0.1) is 0 Å². The number of unbranched alkanes of at least 4 members (excludes halogenated alkanes) is 1. The molecular weight excluding hydrogens is 162 g/mol. The summed E-state index contributed by atoms with van der Waals surface area (Å²) in [6.45, 7) is 4.64. The minimum absolute atomic E-state index is 0. The Morgan fingerprint density at radius 2 is 2.00 bits per heavy atom. The third-order valence-corrected chi connectivity index (χ3v) is 2.15. The van der Waals surface area contributed by atoms with E-state index in [4.69, 9.17) is 4.52 Å². The monoisotopic (exact) mass is 180 g/mol. The molecule has 1 unspecified atom stereocenters. The van der Waals surface area contributed by atoms with Crippen LogP contribution < -0.4 is 0 Å². The fourth-order valence-electron chi connectivity index (χ4n) is 0.432. The van der Waals surface area contributed by atoms with Crippen molar-refractivity contribution in [1.29, 1.82) is 0 Å². The molecule has 0 aromatic carbocycles. The first kappa shape index (κ1) is 13.3. The highest BCUT2D eigenvalue weighted by Gasteiger charge is 1.92. The molecule has 0 heterocycles. The molecule has 0 aromatic heterocycles. The molecule has 0 aliphatic heterocycles. The first-order valence-electron chi connectivity index (χ1n) is 3.46. The van der Waals surface area contributed by atoms with Crippen LogP contribution in [-0.2, 0) is 9.09 Å². The van der Waals surface area contributed by atoms with Crippen molar-refractivity contribution >= 4 is 25.4 Å². The van der Waals surface area contributed by atoms with Gasteiger partial charge in [0.25, 0.3) is 0 Å². The van der Waals surface area contributed by atoms with Crippen LogP contribution in [0.25, 0.3) is 0 Å². The second-order valence-corrected chi connectivity index (χ2v) is 3.67. The average Bonchev–Trinajstić information content (AvgIpc) is 1.89. The summed E-state index contributed by atoms with van der Waals surface area (Å²) in [6.07, 6.45) is 2.81. The van der Waals surface area contributed by atoms with Gasteiger partial charge in [-0.25, -0.2) is 0 Å². The fourth-order valence-corrected chi connectivity index (χ4v) is 1.01. The Kier molecular flexibility index (Phi) is 13.0. The predicted octanol–water partition coefficient (Wildman–Crippen LogP) is 1.11. The smallest absolute Gasteiger partial charge is 0.191 e. The molecule has 0 amide bonds. The van der Waals surface area contributed by atoms with Crippen molar-refractivity contribution < 1.29 is 9.09 Å². The number of rotatable bonds is 5. The van der Waals surface area contributed by atoms with Crippen LogP contribution in [0.15, 0.2) is 0 Å². The van der Waals surface area contributed by atoms with E-state index in [0.29, 0.717) is 12.8 Å². The molecule has 0 saturated heterocycles. The largest absolute Gasteiger partial charge is 0.330 e. The topological polar surface area (TPSA) is 26.3 Å². The summed E-state index contributed by atoms with van der Waals surface area (Å²) in [5, 5.41) is 0. The molecule has 62 valence electrons. The van der Waals surface area contributed by atoms with Gasteiger partial charge in [-0.05, 0) is 6.42 Å². The highest BCUT2D eigenvalue weighted by Crippen LogP contribution is 2.20. The average molecular weight is 180 g/mol. The summed E-state index contributed by atoms with van der Waals surface area (Å²) in [5.74, 6) is 0. The molecule has 0 bridgehead atoms. The standard InChI is InChI=1S/C6H15O2P.Al.3H/c1-3-5-6-8-9(7)4-2;;;;/h9H,3-6H2,1-2H3;;;;. The van der Waals surface area contributed by atoms with Gasteiger partial charge in [0.1, 0.15) is 0 Å². The van der Waals surface area contributed by atoms with E-state index in [9.17, 15) is 4.57 Å². The zero-order chi connectivity index (χ0) is 7.11. The normalized spacial score (nSPS) is 12.2. The van der Waals surface area contributed by atoms with Crippen molar-refractivity contribution in [1.82, 2.24) is 0 Å². The molecule has 0 fully saturated rings. The molecule has 0 saturated carbocycles. The third-order valence-electron chi connectivity index (χ3n) is 1.05. The van der Waals surface area contributed by atoms with Crippen LogP contribution in [0.4, 0.5) is 0 Å². The van der Waals surface area contributed by atoms with Crippen molar-refractivity contribution in [3.63, 3.8) is 0 Å². The summed E-state index contributed by atoms with van der Waals surface area (Å²) < 4.78 is 15.6. The lowest BCUT2D eigenvalue weighted by Gasteiger charge is -1.98. The maximum absolute atomic E-state index is 10.6. The maximum Gasteiger partial charge on any atom is 0.191 e. The van der Waals surface area contributed by atoms with Crippen molar-refractivity contribution in [2.75, 3.05) is 12.8 Å². The van der Waals surface area contributed by atoms with E-state index in [2.05, 4.69) is 6.92 Å². The first-order chi connectivity index (χ1) is 4.31. The molecule has 0 aromatic rings. The summed E-state index contributed by atoms with van der Waals surface area (Å²) in [5.41, 5.74) is 0. The predicted molar refractivity (Wildman–Crippen MR) is 50.3 cm³/mol. The van der Waals surface area contributed by atoms with E-state index in [1.54, 1.807) is 0 Å². The minimum atomic E-state index is -1.65. The van der Waals surface area contributed by atoms with E-state index >= 15 is 0 Å². The molecule has 2 nitrogen and oxygen atoms in total. The Labute approximate surface area is 74.3 Å². The van der Waals surface area contributed by atoms with Crippen LogP contribution in [0.5, 0.6) is 0 Å². The van der Waals surface area contributed by atoms with Crippen LogP contribution in [-0.4, -0.2) is 30.1 Å². The van der Waals surface area contributed by atoms with Gasteiger partial charge in [-0.2, -0.15) is 0 Å². The van der Waals surface area contributed by atoms with E-state index in [1.807, 2.05) is 6.92 Å². The highest BCUT2D eigenvalue weighted by molar-refractivity contribution is 7.39. The van der Waals surface area contributed by atoms with Gasteiger partial charge in [-0.1, -0.05) is 20.3 Å². The third kappa shape index (κ3) is 8.72. The Morgan fingerprint density at radius 1 is 1.40 bits per heavy atom. The second-order valence-electron chi connectivity index (χ2n) is 1.93. The van der Waals surface area contributed by atoms with Crippen molar-refractivity contribution in [3.8, 4) is 0 Å². The highest BCUT2D eigenvalue weighted by atomic mass is 31.1. The molecule has 4 heteroatoms. The fraction of sp³-hybridized carbons (Fsp3) is 1.00. The van der Waals surface area contributed by atoms with Crippen LogP contribution >= 0.6 is 8.03 Å². The van der Waals surface area contributed by atoms with Gasteiger partial charge in [0.2, 0.25) is 0 Å². The molecule has 1 atom stereocenters. The first-order valence-corrected chi connectivity index (χ1v) is 4.99. The molecule has 0 N–H and O–H groups in total. The SMILES string of the molecule is CCCCO[PH](=O)CC.[AlH3]. The molecular formula is C6H18AlO2P. The van der Waals surface area contributed by atoms with E-state index in [-0.39, 0.29) is 17.4 Å². The Hall–Kier alpha value is 0.722. The van der Waals surface area contributed by atoms with Gasteiger partial charge in [0, 0.05) is 6.16 Å². The number of hydrogen-bond donors (Lipinski definition) is 0. The van der Waals surface area contributed by atoms with Gasteiger partial charge in [-0.3, -0.25) is 4.57 Å². The quantitative estimate of drug-likeness (QED) is 0.360. The zero-order valence-electron chi connectivity index (χ0n) is 6.14. The van der Waals surface area contributed by atoms with E-state index in [1.165, 1.54) is 0 Å². The van der Waals surface area contributed by atoms with Crippen molar-refractivity contribution in [2.24, 2.45) is 0 Å². The summed E-state index contributed by atoms with van der Waals surface area (Å²) in [4.78, 5) is 0. The lowest BCUT2D eigenvalue weighted by Crippen LogP contribution is -1.85. The Balaban J connectivity index is 0.